The number of hydrogen-bond acceptors (Lipinski definition) is 5. The maximum atomic E-state index is 11.6. The van der Waals surface area contributed by atoms with E-state index in [-0.39, 0.29) is 5.97 Å². The summed E-state index contributed by atoms with van der Waals surface area (Å²) < 4.78 is 4.79. The van der Waals surface area contributed by atoms with Gasteiger partial charge in [0, 0.05) is 50.7 Å². The van der Waals surface area contributed by atoms with Crippen LogP contribution in [0.2, 0.25) is 0 Å². The predicted molar refractivity (Wildman–Crippen MR) is 127 cm³/mol. The lowest BCUT2D eigenvalue weighted by Gasteiger charge is -2.44. The van der Waals surface area contributed by atoms with Crippen LogP contribution in [-0.2, 0) is 17.8 Å². The third kappa shape index (κ3) is 5.23. The number of hydrogen-bond donors (Lipinski definition) is 0. The average Bonchev–Trinajstić information content (AvgIpc) is 2.82. The Morgan fingerprint density at radius 2 is 1.59 bits per heavy atom. The molecule has 0 aliphatic carbocycles. The summed E-state index contributed by atoms with van der Waals surface area (Å²) in [6.07, 6.45) is 3.68. The molecule has 0 N–H and O–H groups in total. The highest BCUT2D eigenvalue weighted by Gasteiger charge is 2.29. The first-order valence-electron chi connectivity index (χ1n) is 11.2. The lowest BCUT2D eigenvalue weighted by atomic mass is 10.0. The fourth-order valence-electron chi connectivity index (χ4n) is 4.63. The standard InChI is InChI=1S/C27H31N3O2/c1-20-16-29(18-22-7-9-25(10-8-22)27(31)32-3)17-21(2)30(20)19-23-5-4-6-26(15-23)24-11-13-28-14-12-24/h4-15,20-21H,16-19H2,1-3H3/t20-,21+. The number of carbonyl (C=O) groups is 1. The molecule has 1 aliphatic rings. The molecular weight excluding hydrogens is 398 g/mol. The van der Waals surface area contributed by atoms with Gasteiger partial charge in [0.1, 0.15) is 0 Å². The summed E-state index contributed by atoms with van der Waals surface area (Å²) in [7, 11) is 1.41. The van der Waals surface area contributed by atoms with Crippen LogP contribution in [0.15, 0.2) is 73.1 Å². The van der Waals surface area contributed by atoms with E-state index >= 15 is 0 Å². The van der Waals surface area contributed by atoms with Crippen molar-refractivity contribution in [3.63, 3.8) is 0 Å². The number of esters is 1. The number of piperazine rings is 1. The summed E-state index contributed by atoms with van der Waals surface area (Å²) in [5.74, 6) is -0.291. The van der Waals surface area contributed by atoms with Gasteiger partial charge < -0.3 is 4.74 Å². The van der Waals surface area contributed by atoms with E-state index in [1.54, 1.807) is 0 Å². The van der Waals surface area contributed by atoms with Crippen LogP contribution >= 0.6 is 0 Å². The predicted octanol–water partition coefficient (Wildman–Crippen LogP) is 4.63. The van der Waals surface area contributed by atoms with Crippen LogP contribution in [0.1, 0.15) is 35.3 Å². The second-order valence-corrected chi connectivity index (χ2v) is 8.69. The van der Waals surface area contributed by atoms with E-state index in [0.717, 1.165) is 26.2 Å². The van der Waals surface area contributed by atoms with E-state index in [2.05, 4.69) is 65.0 Å². The van der Waals surface area contributed by atoms with Gasteiger partial charge in [0.05, 0.1) is 12.7 Å². The van der Waals surface area contributed by atoms with Gasteiger partial charge in [-0.15, -0.1) is 0 Å². The Morgan fingerprint density at radius 1 is 0.906 bits per heavy atom. The summed E-state index contributed by atoms with van der Waals surface area (Å²) in [5.41, 5.74) is 5.59. The molecule has 0 spiro atoms. The van der Waals surface area contributed by atoms with Gasteiger partial charge in [-0.1, -0.05) is 30.3 Å². The van der Waals surface area contributed by atoms with E-state index in [4.69, 9.17) is 4.74 Å². The normalized spacial score (nSPS) is 19.6. The topological polar surface area (TPSA) is 45.7 Å². The molecule has 3 aromatic rings. The molecule has 32 heavy (non-hydrogen) atoms. The van der Waals surface area contributed by atoms with E-state index in [9.17, 15) is 4.79 Å². The molecule has 1 fully saturated rings. The van der Waals surface area contributed by atoms with Crippen molar-refractivity contribution in [2.24, 2.45) is 0 Å². The van der Waals surface area contributed by atoms with Crippen molar-refractivity contribution in [1.82, 2.24) is 14.8 Å². The molecule has 2 heterocycles. The molecule has 0 amide bonds. The molecule has 5 nitrogen and oxygen atoms in total. The molecule has 2 aromatic carbocycles. The van der Waals surface area contributed by atoms with E-state index in [1.807, 2.05) is 36.7 Å². The zero-order valence-corrected chi connectivity index (χ0v) is 19.1. The van der Waals surface area contributed by atoms with Crippen molar-refractivity contribution < 1.29 is 9.53 Å². The van der Waals surface area contributed by atoms with Crippen LogP contribution in [0.3, 0.4) is 0 Å². The van der Waals surface area contributed by atoms with Crippen molar-refractivity contribution in [1.29, 1.82) is 0 Å². The van der Waals surface area contributed by atoms with Crippen LogP contribution in [0.5, 0.6) is 0 Å². The van der Waals surface area contributed by atoms with Gasteiger partial charge in [-0.2, -0.15) is 0 Å². The Labute approximate surface area is 190 Å². The zero-order valence-electron chi connectivity index (χ0n) is 19.1. The van der Waals surface area contributed by atoms with Crippen LogP contribution in [0.4, 0.5) is 0 Å². The molecule has 166 valence electrons. The zero-order chi connectivity index (χ0) is 22.5. The number of pyridine rings is 1. The molecular formula is C27H31N3O2. The molecule has 2 atom stereocenters. The Bertz CT molecular complexity index is 1020. The summed E-state index contributed by atoms with van der Waals surface area (Å²) in [4.78, 5) is 20.9. The molecule has 0 unspecified atom stereocenters. The highest BCUT2D eigenvalue weighted by molar-refractivity contribution is 5.89. The Morgan fingerprint density at radius 3 is 2.25 bits per heavy atom. The van der Waals surface area contributed by atoms with Crippen LogP contribution in [-0.4, -0.2) is 53.0 Å². The first-order chi connectivity index (χ1) is 15.5. The highest BCUT2D eigenvalue weighted by Crippen LogP contribution is 2.24. The summed E-state index contributed by atoms with van der Waals surface area (Å²) >= 11 is 0. The highest BCUT2D eigenvalue weighted by atomic mass is 16.5. The van der Waals surface area contributed by atoms with E-state index < -0.39 is 0 Å². The fourth-order valence-corrected chi connectivity index (χ4v) is 4.63. The summed E-state index contributed by atoms with van der Waals surface area (Å²) in [5, 5.41) is 0. The van der Waals surface area contributed by atoms with E-state index in [1.165, 1.54) is 29.4 Å². The molecule has 5 heteroatoms. The number of methoxy groups -OCH3 is 1. The number of rotatable bonds is 6. The maximum absolute atomic E-state index is 11.6. The van der Waals surface area contributed by atoms with Crippen molar-refractivity contribution >= 4 is 5.97 Å². The molecule has 1 aromatic heterocycles. The fraction of sp³-hybridized carbons (Fsp3) is 0.333. The number of aromatic nitrogens is 1. The Kier molecular flexibility index (Phi) is 6.98. The molecule has 1 saturated heterocycles. The monoisotopic (exact) mass is 429 g/mol. The van der Waals surface area contributed by atoms with Gasteiger partial charge in [0.15, 0.2) is 0 Å². The third-order valence-electron chi connectivity index (χ3n) is 6.26. The van der Waals surface area contributed by atoms with E-state index in [0.29, 0.717) is 17.6 Å². The van der Waals surface area contributed by atoms with Crippen molar-refractivity contribution in [2.75, 3.05) is 20.2 Å². The number of ether oxygens (including phenoxy) is 1. The average molecular weight is 430 g/mol. The molecule has 0 radical (unpaired) electrons. The first-order valence-corrected chi connectivity index (χ1v) is 11.2. The van der Waals surface area contributed by atoms with Crippen molar-refractivity contribution in [3.05, 3.63) is 89.7 Å². The maximum Gasteiger partial charge on any atom is 0.337 e. The molecule has 0 bridgehead atoms. The van der Waals surface area contributed by atoms with Crippen molar-refractivity contribution in [2.45, 2.75) is 39.0 Å². The number of carbonyl (C=O) groups excluding carboxylic acids is 1. The molecule has 0 saturated carbocycles. The lowest BCUT2D eigenvalue weighted by Crippen LogP contribution is -2.55. The second-order valence-electron chi connectivity index (χ2n) is 8.69. The largest absolute Gasteiger partial charge is 0.465 e. The number of nitrogens with zero attached hydrogens (tertiary/aromatic N) is 3. The lowest BCUT2D eigenvalue weighted by molar-refractivity contribution is 0.0290. The quantitative estimate of drug-likeness (QED) is 0.535. The summed E-state index contributed by atoms with van der Waals surface area (Å²) in [6.45, 7) is 8.51. The minimum Gasteiger partial charge on any atom is -0.465 e. The minimum atomic E-state index is -0.291. The molecule has 1 aliphatic heterocycles. The van der Waals surface area contributed by atoms with Crippen molar-refractivity contribution in [3.8, 4) is 11.1 Å². The van der Waals surface area contributed by atoms with Crippen LogP contribution in [0.25, 0.3) is 11.1 Å². The Hall–Kier alpha value is -3.02. The minimum absolute atomic E-state index is 0.291. The Balaban J connectivity index is 1.39. The third-order valence-corrected chi connectivity index (χ3v) is 6.26. The molecule has 4 rings (SSSR count). The smallest absolute Gasteiger partial charge is 0.337 e. The second kappa shape index (κ2) is 10.1. The SMILES string of the molecule is COC(=O)c1ccc(CN2C[C@@H](C)N(Cc3cccc(-c4ccncc4)c3)[C@@H](C)C2)cc1. The van der Waals surface area contributed by atoms with Gasteiger partial charge in [0.2, 0.25) is 0 Å². The van der Waals surface area contributed by atoms with Gasteiger partial charge in [0.25, 0.3) is 0 Å². The number of benzene rings is 2. The van der Waals surface area contributed by atoms with Crippen LogP contribution < -0.4 is 0 Å². The van der Waals surface area contributed by atoms with Gasteiger partial charge in [-0.05, 0) is 66.4 Å². The van der Waals surface area contributed by atoms with Crippen LogP contribution in [0, 0.1) is 0 Å². The van der Waals surface area contributed by atoms with Gasteiger partial charge >= 0.3 is 5.97 Å². The first kappa shape index (κ1) is 22.2. The van der Waals surface area contributed by atoms with Gasteiger partial charge in [-0.25, -0.2) is 4.79 Å². The van der Waals surface area contributed by atoms with Gasteiger partial charge in [-0.3, -0.25) is 14.8 Å². The summed E-state index contributed by atoms with van der Waals surface area (Å²) in [6, 6.07) is 21.6.